The number of halogens is 3. The average Bonchev–Trinajstić information content (AvgIpc) is 3.40. The minimum atomic E-state index is -4.30. The normalized spacial score (nSPS) is 22.7. The third kappa shape index (κ3) is 5.42. The fourth-order valence-electron chi connectivity index (χ4n) is 6.91. The summed E-state index contributed by atoms with van der Waals surface area (Å²) in [5, 5.41) is 2.83. The van der Waals surface area contributed by atoms with Crippen LogP contribution in [-0.4, -0.2) is 82.0 Å². The molecule has 0 spiro atoms. The molecule has 4 fully saturated rings. The van der Waals surface area contributed by atoms with E-state index in [1.54, 1.807) is 42.4 Å². The number of piperazine rings is 1. The molecule has 3 saturated carbocycles. The van der Waals surface area contributed by atoms with Crippen molar-refractivity contribution in [2.75, 3.05) is 38.2 Å². The van der Waals surface area contributed by atoms with Gasteiger partial charge in [-0.3, -0.25) is 9.59 Å². The zero-order chi connectivity index (χ0) is 33.2. The Balaban J connectivity index is 1.34. The van der Waals surface area contributed by atoms with Crippen LogP contribution in [0.25, 0.3) is 22.7 Å². The van der Waals surface area contributed by atoms with E-state index in [9.17, 15) is 27.6 Å². The van der Waals surface area contributed by atoms with Crippen LogP contribution in [0.2, 0.25) is 0 Å². The van der Waals surface area contributed by atoms with Crippen LogP contribution in [0.1, 0.15) is 52.7 Å². The number of ether oxygens (including phenoxy) is 2. The number of hydrogen-bond donors (Lipinski definition) is 1. The molecule has 46 heavy (non-hydrogen) atoms. The number of rotatable bonds is 7. The Kier molecular flexibility index (Phi) is 7.51. The Morgan fingerprint density at radius 1 is 1.11 bits per heavy atom. The van der Waals surface area contributed by atoms with Gasteiger partial charge in [-0.05, 0) is 52.5 Å². The van der Waals surface area contributed by atoms with Gasteiger partial charge in [0.05, 0.1) is 12.5 Å². The molecular formula is C31H37F3N6O6. The second-order valence-electron chi connectivity index (χ2n) is 13.4. The predicted molar refractivity (Wildman–Crippen MR) is 161 cm³/mol. The first-order valence-corrected chi connectivity index (χ1v) is 15.2. The van der Waals surface area contributed by atoms with E-state index in [2.05, 4.69) is 15.3 Å². The van der Waals surface area contributed by atoms with E-state index in [0.717, 1.165) is 0 Å². The lowest BCUT2D eigenvalue weighted by Crippen LogP contribution is -2.78. The van der Waals surface area contributed by atoms with Crippen molar-refractivity contribution in [3.05, 3.63) is 34.2 Å². The Morgan fingerprint density at radius 3 is 2.37 bits per heavy atom. The molecule has 0 aromatic carbocycles. The van der Waals surface area contributed by atoms with Gasteiger partial charge in [-0.1, -0.05) is 6.92 Å². The van der Waals surface area contributed by atoms with Crippen molar-refractivity contribution in [1.82, 2.24) is 24.8 Å². The van der Waals surface area contributed by atoms with Gasteiger partial charge in [-0.15, -0.1) is 0 Å². The van der Waals surface area contributed by atoms with E-state index >= 15 is 0 Å². The molecule has 15 heteroatoms. The maximum atomic E-state index is 14.1. The van der Waals surface area contributed by atoms with Crippen molar-refractivity contribution >= 4 is 28.9 Å². The number of carbonyl (C=O) groups is 2. The molecule has 12 nitrogen and oxygen atoms in total. The van der Waals surface area contributed by atoms with Crippen LogP contribution in [0.4, 0.5) is 23.7 Å². The Morgan fingerprint density at radius 2 is 1.78 bits per heavy atom. The van der Waals surface area contributed by atoms with Crippen molar-refractivity contribution < 1.29 is 36.7 Å². The highest BCUT2D eigenvalue weighted by Crippen LogP contribution is 2.73. The zero-order valence-electron chi connectivity index (χ0n) is 26.4. The molecule has 4 heterocycles. The van der Waals surface area contributed by atoms with E-state index in [-0.39, 0.29) is 42.9 Å². The number of aromatic nitrogens is 3. The highest BCUT2D eigenvalue weighted by atomic mass is 19.4. The summed E-state index contributed by atoms with van der Waals surface area (Å²) in [5.74, 6) is -0.0595. The highest BCUT2D eigenvalue weighted by molar-refractivity contribution is 5.83. The zero-order valence-corrected chi connectivity index (χ0v) is 26.4. The van der Waals surface area contributed by atoms with Crippen molar-refractivity contribution in [2.45, 2.75) is 77.2 Å². The van der Waals surface area contributed by atoms with Crippen molar-refractivity contribution in [1.29, 1.82) is 0 Å². The summed E-state index contributed by atoms with van der Waals surface area (Å²) in [6.07, 6.45) is -3.31. The molecular weight excluding hydrogens is 609 g/mol. The van der Waals surface area contributed by atoms with E-state index in [1.807, 2.05) is 11.8 Å². The summed E-state index contributed by atoms with van der Waals surface area (Å²) >= 11 is 0. The van der Waals surface area contributed by atoms with Crippen LogP contribution < -0.4 is 20.4 Å². The molecule has 0 radical (unpaired) electrons. The highest BCUT2D eigenvalue weighted by Gasteiger charge is 2.78. The summed E-state index contributed by atoms with van der Waals surface area (Å²) in [4.78, 5) is 52.4. The first-order chi connectivity index (χ1) is 21.6. The van der Waals surface area contributed by atoms with E-state index < -0.39 is 40.2 Å². The van der Waals surface area contributed by atoms with Gasteiger partial charge in [-0.2, -0.15) is 18.2 Å². The SMILES string of the molecule is CCc1c(N2CCN(C(=O)OC(C)(C)C)CC2)c(=O)c2oc(-c3ccnc(OC)c3)nc2n1CC(=O)NC12CC(C(F)(F)F)(C1)C2. The Labute approximate surface area is 262 Å². The molecule has 248 valence electrons. The number of alkyl halides is 3. The van der Waals surface area contributed by atoms with Gasteiger partial charge in [0.25, 0.3) is 0 Å². The van der Waals surface area contributed by atoms with E-state index in [4.69, 9.17) is 13.9 Å². The lowest BCUT2D eigenvalue weighted by atomic mass is 9.39. The molecule has 0 unspecified atom stereocenters. The van der Waals surface area contributed by atoms with Crippen molar-refractivity contribution in [3.63, 3.8) is 0 Å². The van der Waals surface area contributed by atoms with Gasteiger partial charge < -0.3 is 33.6 Å². The molecule has 7 rings (SSSR count). The van der Waals surface area contributed by atoms with Crippen molar-refractivity contribution in [3.8, 4) is 17.3 Å². The summed E-state index contributed by atoms with van der Waals surface area (Å²) in [6, 6.07) is 3.24. The van der Waals surface area contributed by atoms with Crippen LogP contribution in [0.5, 0.6) is 5.88 Å². The quantitative estimate of drug-likeness (QED) is 0.400. The Hall–Kier alpha value is -4.30. The second kappa shape index (κ2) is 10.9. The predicted octanol–water partition coefficient (Wildman–Crippen LogP) is 4.28. The molecule has 0 atom stereocenters. The monoisotopic (exact) mass is 646 g/mol. The van der Waals surface area contributed by atoms with Gasteiger partial charge in [0.1, 0.15) is 17.8 Å². The van der Waals surface area contributed by atoms with Crippen LogP contribution >= 0.6 is 0 Å². The third-order valence-corrected chi connectivity index (χ3v) is 9.00. The number of amides is 2. The molecule has 2 bridgehead atoms. The summed E-state index contributed by atoms with van der Waals surface area (Å²) in [5.41, 5.74) is -2.24. The Bertz CT molecular complexity index is 1730. The average molecular weight is 647 g/mol. The molecule has 3 aromatic rings. The largest absolute Gasteiger partial charge is 0.481 e. The lowest BCUT2D eigenvalue weighted by Gasteiger charge is -2.70. The summed E-state index contributed by atoms with van der Waals surface area (Å²) < 4.78 is 58.7. The minimum Gasteiger partial charge on any atom is -0.481 e. The van der Waals surface area contributed by atoms with Gasteiger partial charge in [0, 0.05) is 55.2 Å². The van der Waals surface area contributed by atoms with Crippen LogP contribution in [0.15, 0.2) is 27.5 Å². The maximum absolute atomic E-state index is 14.1. The fourth-order valence-corrected chi connectivity index (χ4v) is 6.91. The number of pyridine rings is 2. The fraction of sp³-hybridized carbons (Fsp3) is 0.581. The summed E-state index contributed by atoms with van der Waals surface area (Å²) in [6.45, 7) is 8.19. The molecule has 1 aliphatic heterocycles. The standard InChI is InChI=1S/C31H37F3N6O6/c1-6-19-22(38-9-11-39(12-10-38)27(43)46-28(2,3)4)23(42)24-25(36-26(45-24)18-7-8-35-21(13-18)44-5)40(19)14-20(41)37-30-15-29(16-30,17-30)31(32,33)34/h7-8,13H,6,9-12,14-17H2,1-5H3,(H,37,41). The van der Waals surface area contributed by atoms with Crippen LogP contribution in [0.3, 0.4) is 0 Å². The van der Waals surface area contributed by atoms with Crippen LogP contribution in [0, 0.1) is 5.41 Å². The molecule has 3 aliphatic carbocycles. The smallest absolute Gasteiger partial charge is 0.410 e. The minimum absolute atomic E-state index is 0.0677. The third-order valence-electron chi connectivity index (χ3n) is 9.00. The second-order valence-corrected chi connectivity index (χ2v) is 13.4. The maximum Gasteiger partial charge on any atom is 0.410 e. The van der Waals surface area contributed by atoms with E-state index in [1.165, 1.54) is 13.3 Å². The first kappa shape index (κ1) is 31.7. The molecule has 1 saturated heterocycles. The van der Waals surface area contributed by atoms with E-state index in [0.29, 0.717) is 55.4 Å². The first-order valence-electron chi connectivity index (χ1n) is 15.2. The molecule has 3 aromatic heterocycles. The number of oxazole rings is 1. The number of hydrogen-bond acceptors (Lipinski definition) is 9. The number of anilines is 1. The van der Waals surface area contributed by atoms with Gasteiger partial charge in [0.15, 0.2) is 5.65 Å². The number of methoxy groups -OCH3 is 1. The summed E-state index contributed by atoms with van der Waals surface area (Å²) in [7, 11) is 1.46. The van der Waals surface area contributed by atoms with Crippen molar-refractivity contribution in [2.24, 2.45) is 5.41 Å². The topological polar surface area (TPSA) is 132 Å². The van der Waals surface area contributed by atoms with Gasteiger partial charge in [-0.25, -0.2) is 9.78 Å². The lowest BCUT2D eigenvalue weighted by molar-refractivity contribution is -0.337. The molecule has 4 aliphatic rings. The molecule has 1 N–H and O–H groups in total. The van der Waals surface area contributed by atoms with Gasteiger partial charge >= 0.3 is 12.3 Å². The number of nitrogens with one attached hydrogen (secondary N) is 1. The molecule has 2 amide bonds. The van der Waals surface area contributed by atoms with Crippen LogP contribution in [-0.2, 0) is 22.5 Å². The van der Waals surface area contributed by atoms with Gasteiger partial charge in [0.2, 0.25) is 28.7 Å². The number of fused-ring (bicyclic) bond motifs is 1. The number of nitrogens with zero attached hydrogens (tertiary/aromatic N) is 5. The number of carbonyl (C=O) groups excluding carboxylic acids is 2.